The summed E-state index contributed by atoms with van der Waals surface area (Å²) in [5.41, 5.74) is 1.42. The second-order valence-corrected chi connectivity index (χ2v) is 6.67. The average molecular weight is 495 g/mol. The molecule has 0 N–H and O–H groups in total. The summed E-state index contributed by atoms with van der Waals surface area (Å²) in [7, 11) is -4.54. The van der Waals surface area contributed by atoms with Crippen molar-refractivity contribution in [3.05, 3.63) is 54.6 Å². The van der Waals surface area contributed by atoms with Gasteiger partial charge in [-0.05, 0) is 43.3 Å². The summed E-state index contributed by atoms with van der Waals surface area (Å²) in [6.07, 6.45) is 0. The maximum absolute atomic E-state index is 12.5. The number of benzene rings is 2. The number of carbonyl (C=O) groups excluding carboxylic acids is 1. The molecule has 8 nitrogen and oxygen atoms in total. The second-order valence-electron chi connectivity index (χ2n) is 5.29. The Morgan fingerprint density at radius 1 is 1.08 bits per heavy atom. The molecule has 0 spiro atoms. The fourth-order valence-electron chi connectivity index (χ4n) is 2.25. The first-order valence-electron chi connectivity index (χ1n) is 7.27. The molecule has 2 aromatic carbocycles. The third-order valence-electron chi connectivity index (χ3n) is 3.51. The Hall–Kier alpha value is -1.34. The average Bonchev–Trinajstić information content (AvgIpc) is 2.87. The Bertz CT molecular complexity index is 960. The summed E-state index contributed by atoms with van der Waals surface area (Å²) in [5.74, 6) is -0.407. The molecule has 0 saturated heterocycles. The summed E-state index contributed by atoms with van der Waals surface area (Å²) in [6.45, 7) is 1.66. The summed E-state index contributed by atoms with van der Waals surface area (Å²) >= 11 is 0. The van der Waals surface area contributed by atoms with E-state index in [0.29, 0.717) is 17.1 Å². The van der Waals surface area contributed by atoms with Crippen molar-refractivity contribution in [3.63, 3.8) is 0 Å². The number of rotatable bonds is 4. The first-order valence-corrected chi connectivity index (χ1v) is 8.68. The van der Waals surface area contributed by atoms with Crippen LogP contribution in [0.15, 0.2) is 74.8 Å². The van der Waals surface area contributed by atoms with Crippen molar-refractivity contribution in [1.82, 2.24) is 0 Å². The van der Waals surface area contributed by atoms with E-state index in [1.807, 2.05) is 18.2 Å². The van der Waals surface area contributed by atoms with E-state index in [0.717, 1.165) is 17.1 Å². The smallest absolute Gasteiger partial charge is 0.744 e. The number of hydrogen-bond donors (Lipinski definition) is 0. The first kappa shape index (κ1) is 21.0. The van der Waals surface area contributed by atoms with Crippen molar-refractivity contribution in [1.29, 1.82) is 0 Å². The molecule has 0 saturated carbocycles. The van der Waals surface area contributed by atoms with Gasteiger partial charge in [-0.1, -0.05) is 18.2 Å². The van der Waals surface area contributed by atoms with Gasteiger partial charge < -0.3 is 4.55 Å². The Morgan fingerprint density at radius 2 is 1.69 bits per heavy atom. The molecule has 1 unspecified atom stereocenters. The molecule has 3 rings (SSSR count). The van der Waals surface area contributed by atoms with Crippen LogP contribution in [0.3, 0.4) is 0 Å². The van der Waals surface area contributed by atoms with Crippen LogP contribution in [-0.4, -0.2) is 79.5 Å². The van der Waals surface area contributed by atoms with Crippen LogP contribution >= 0.6 is 0 Å². The van der Waals surface area contributed by atoms with Crippen LogP contribution in [0.2, 0.25) is 0 Å². The van der Waals surface area contributed by atoms with Gasteiger partial charge in [-0.25, -0.2) is 8.42 Å². The summed E-state index contributed by atoms with van der Waals surface area (Å²) in [4.78, 5) is 12.1. The molecule has 0 bridgehead atoms. The minimum atomic E-state index is -4.54. The maximum atomic E-state index is 12.5. The van der Waals surface area contributed by atoms with Crippen LogP contribution in [-0.2, 0) is 14.9 Å². The van der Waals surface area contributed by atoms with Crippen molar-refractivity contribution < 1.29 is 17.8 Å². The molecule has 0 fully saturated rings. The van der Waals surface area contributed by atoms with Gasteiger partial charge >= 0.3 is 48.9 Å². The van der Waals surface area contributed by atoms with Crippen molar-refractivity contribution in [2.24, 2.45) is 15.3 Å². The van der Waals surface area contributed by atoms with Crippen LogP contribution in [0.1, 0.15) is 6.92 Å². The zero-order chi connectivity index (χ0) is 18.0. The molecular weight excluding hydrogens is 482 g/mol. The number of azo groups is 1. The van der Waals surface area contributed by atoms with Gasteiger partial charge in [0.15, 0.2) is 6.04 Å². The Morgan fingerprint density at radius 3 is 2.27 bits per heavy atom. The van der Waals surface area contributed by atoms with Gasteiger partial charge in [0.25, 0.3) is 5.91 Å². The molecule has 1 aliphatic heterocycles. The van der Waals surface area contributed by atoms with Crippen LogP contribution < -0.4 is 5.01 Å². The van der Waals surface area contributed by atoms with Gasteiger partial charge in [0, 0.05) is 0 Å². The molecule has 26 heavy (non-hydrogen) atoms. The molecule has 128 valence electrons. The number of anilines is 1. The molecule has 1 aliphatic rings. The fraction of sp³-hybridized carbons (Fsp3) is 0.125. The summed E-state index contributed by atoms with van der Waals surface area (Å²) < 4.78 is 32.9. The van der Waals surface area contributed by atoms with E-state index in [1.165, 1.54) is 12.1 Å². The van der Waals surface area contributed by atoms with E-state index in [-0.39, 0.29) is 53.8 Å². The number of amides is 1. The number of hydrazone groups is 1. The van der Waals surface area contributed by atoms with Gasteiger partial charge in [0.2, 0.25) is 0 Å². The number of hydrogen-bond acceptors (Lipinski definition) is 7. The quantitative estimate of drug-likeness (QED) is 0.368. The maximum Gasteiger partial charge on any atom is 2.00 e. The molecule has 0 aliphatic carbocycles. The van der Waals surface area contributed by atoms with E-state index in [2.05, 4.69) is 15.3 Å². The zero-order valence-electron chi connectivity index (χ0n) is 13.8. The molecule has 1 amide bonds. The number of carbonyl (C=O) groups is 1. The summed E-state index contributed by atoms with van der Waals surface area (Å²) in [6, 6.07) is 13.1. The predicted octanol–water partition coefficient (Wildman–Crippen LogP) is 2.08. The van der Waals surface area contributed by atoms with Gasteiger partial charge in [0.1, 0.15) is 10.1 Å². The Kier molecular flexibility index (Phi) is 6.91. The first-order chi connectivity index (χ1) is 11.9. The minimum absolute atomic E-state index is 0. The van der Waals surface area contributed by atoms with E-state index in [4.69, 9.17) is 0 Å². The van der Waals surface area contributed by atoms with Crippen LogP contribution in [0.4, 0.5) is 11.4 Å². The minimum Gasteiger partial charge on any atom is -0.744 e. The Balaban J connectivity index is 0.00000243. The molecule has 0 radical (unpaired) electrons. The number of nitrogens with zero attached hydrogens (tertiary/aromatic N) is 4. The van der Waals surface area contributed by atoms with Crippen molar-refractivity contribution in [2.45, 2.75) is 17.9 Å². The van der Waals surface area contributed by atoms with Crippen LogP contribution in [0.5, 0.6) is 0 Å². The van der Waals surface area contributed by atoms with Gasteiger partial charge in [-0.15, -0.1) is 0 Å². The fourth-order valence-corrected chi connectivity index (χ4v) is 2.72. The van der Waals surface area contributed by atoms with E-state index >= 15 is 0 Å². The molecule has 1 atom stereocenters. The third kappa shape index (κ3) is 4.68. The van der Waals surface area contributed by atoms with E-state index in [1.54, 1.807) is 19.1 Å². The van der Waals surface area contributed by atoms with E-state index < -0.39 is 22.1 Å². The predicted molar refractivity (Wildman–Crippen MR) is 95.5 cm³/mol. The van der Waals surface area contributed by atoms with Crippen LogP contribution in [0.25, 0.3) is 0 Å². The Labute approximate surface area is 190 Å². The monoisotopic (exact) mass is 495 g/mol. The second kappa shape index (κ2) is 8.57. The normalized spacial score (nSPS) is 17.3. The van der Waals surface area contributed by atoms with Crippen LogP contribution in [0, 0.1) is 0 Å². The topological polar surface area (TPSA) is 115 Å². The third-order valence-corrected chi connectivity index (χ3v) is 4.36. The van der Waals surface area contributed by atoms with Crippen molar-refractivity contribution in [3.8, 4) is 0 Å². The van der Waals surface area contributed by atoms with Gasteiger partial charge in [-0.2, -0.15) is 20.3 Å². The summed E-state index contributed by atoms with van der Waals surface area (Å²) in [5, 5.41) is 13.3. The largest absolute Gasteiger partial charge is 2.00 e. The molecule has 2 aromatic rings. The molecule has 1 heterocycles. The SMILES string of the molecule is CC1=NN(c2ccc(S(=O)(=O)[O-])cc2)C(=O)C1N=Nc1ccccc1.[Ba+2]. The van der Waals surface area contributed by atoms with Gasteiger partial charge in [0.05, 0.1) is 22.0 Å². The molecular formula is C16H13BaN4O4S+. The van der Waals surface area contributed by atoms with Gasteiger partial charge in [-0.3, -0.25) is 4.79 Å². The van der Waals surface area contributed by atoms with Crippen molar-refractivity contribution >= 4 is 82.0 Å². The molecule has 10 heteroatoms. The molecule has 0 aromatic heterocycles. The zero-order valence-corrected chi connectivity index (χ0v) is 19.1. The van der Waals surface area contributed by atoms with Crippen molar-refractivity contribution in [2.75, 3.05) is 5.01 Å². The standard InChI is InChI=1S/C16H14N4O4S.Ba/c1-11-15(18-17-12-5-3-2-4-6-12)16(21)20(19-11)13-7-9-14(10-8-13)25(22,23)24;/h2-10,15H,1H3,(H,22,23,24);/q;+2/p-1. The van der Waals surface area contributed by atoms with E-state index in [9.17, 15) is 17.8 Å².